The Morgan fingerprint density at radius 3 is 2.69 bits per heavy atom. The summed E-state index contributed by atoms with van der Waals surface area (Å²) in [6.07, 6.45) is 3.38. The summed E-state index contributed by atoms with van der Waals surface area (Å²) in [7, 11) is 3.39. The summed E-state index contributed by atoms with van der Waals surface area (Å²) in [5.41, 5.74) is 6.10. The minimum absolute atomic E-state index is 0.0204. The van der Waals surface area contributed by atoms with Crippen molar-refractivity contribution in [1.29, 1.82) is 0 Å². The Bertz CT molecular complexity index is 1220. The zero-order valence-electron chi connectivity index (χ0n) is 17.1. The predicted octanol–water partition coefficient (Wildman–Crippen LogP) is 2.40. The van der Waals surface area contributed by atoms with Crippen molar-refractivity contribution in [2.24, 2.45) is 7.05 Å². The van der Waals surface area contributed by atoms with Crippen LogP contribution in [0, 0.1) is 0 Å². The third kappa shape index (κ3) is 5.56. The molecule has 0 aliphatic heterocycles. The Hall–Kier alpha value is -3.58. The number of nitrogens with one attached hydrogen (secondary N) is 2. The number of methoxy groups -OCH3 is 1. The van der Waals surface area contributed by atoms with Gasteiger partial charge in [-0.1, -0.05) is 11.8 Å². The Morgan fingerprint density at radius 2 is 2.03 bits per heavy atom. The number of ether oxygens (including phenoxy) is 1. The molecule has 1 aromatic carbocycles. The summed E-state index contributed by atoms with van der Waals surface area (Å²) in [5.74, 6) is 1.19. The van der Waals surface area contributed by atoms with Crippen molar-refractivity contribution in [2.45, 2.75) is 26.5 Å². The first-order valence-corrected chi connectivity index (χ1v) is 10.9. The number of hydrogen-bond donors (Lipinski definition) is 3. The molecule has 4 rings (SSSR count). The van der Waals surface area contributed by atoms with Crippen LogP contribution < -0.4 is 15.8 Å². The molecule has 0 aliphatic carbocycles. The topological polar surface area (TPSA) is 150 Å². The Labute approximate surface area is 191 Å². The average molecular weight is 470 g/mol. The molecule has 3 heterocycles. The lowest BCUT2D eigenvalue weighted by Crippen LogP contribution is -2.17. The largest absolute Gasteiger partial charge is 0.497 e. The molecule has 1 amide bonds. The number of aromatic amines is 1. The number of benzene rings is 1. The van der Waals surface area contributed by atoms with Crippen LogP contribution in [0.15, 0.2) is 62.8 Å². The highest BCUT2D eigenvalue weighted by Crippen LogP contribution is 2.32. The lowest BCUT2D eigenvalue weighted by atomic mass is 10.3. The van der Waals surface area contributed by atoms with E-state index in [1.807, 2.05) is 24.3 Å². The molecular weight excluding hydrogens is 450 g/mol. The van der Waals surface area contributed by atoms with Gasteiger partial charge < -0.3 is 15.8 Å². The number of nitrogen functional groups attached to an aromatic ring is 1. The van der Waals surface area contributed by atoms with E-state index in [2.05, 4.69) is 35.6 Å². The van der Waals surface area contributed by atoms with E-state index in [0.717, 1.165) is 10.6 Å². The molecule has 0 atom stereocenters. The molecular formula is C19H19N9O2S2. The number of carbonyl (C=O) groups is 1. The van der Waals surface area contributed by atoms with Gasteiger partial charge in [0.1, 0.15) is 15.8 Å². The van der Waals surface area contributed by atoms with Crippen molar-refractivity contribution in [3.8, 4) is 5.75 Å². The molecule has 4 N–H and O–H groups in total. The van der Waals surface area contributed by atoms with Crippen LogP contribution in [0.5, 0.6) is 5.75 Å². The minimum Gasteiger partial charge on any atom is -0.497 e. The Balaban J connectivity index is 1.57. The van der Waals surface area contributed by atoms with Crippen LogP contribution in [0.4, 0.5) is 11.8 Å². The van der Waals surface area contributed by atoms with Crippen molar-refractivity contribution in [1.82, 2.24) is 34.9 Å². The summed E-state index contributed by atoms with van der Waals surface area (Å²) in [5, 5.41) is 15.1. The van der Waals surface area contributed by atoms with Gasteiger partial charge in [0.25, 0.3) is 0 Å². The lowest BCUT2D eigenvalue weighted by molar-refractivity contribution is -0.115. The second-order valence-corrected chi connectivity index (χ2v) is 8.49. The second kappa shape index (κ2) is 9.70. The highest BCUT2D eigenvalue weighted by atomic mass is 32.2. The quantitative estimate of drug-likeness (QED) is 0.351. The maximum Gasteiger partial charge on any atom is 0.231 e. The van der Waals surface area contributed by atoms with Crippen LogP contribution in [0.3, 0.4) is 0 Å². The molecule has 11 nitrogen and oxygen atoms in total. The highest BCUT2D eigenvalue weighted by Gasteiger charge is 2.16. The Kier molecular flexibility index (Phi) is 6.56. The van der Waals surface area contributed by atoms with Crippen LogP contribution in [0.2, 0.25) is 0 Å². The van der Waals surface area contributed by atoms with Gasteiger partial charge in [-0.05, 0) is 36.0 Å². The zero-order valence-corrected chi connectivity index (χ0v) is 18.8. The number of nitrogens with two attached hydrogens (primary N) is 1. The normalized spacial score (nSPS) is 10.8. The van der Waals surface area contributed by atoms with Crippen LogP contribution in [0.1, 0.15) is 5.69 Å². The molecule has 32 heavy (non-hydrogen) atoms. The summed E-state index contributed by atoms with van der Waals surface area (Å²) < 4.78 is 6.82. The van der Waals surface area contributed by atoms with Gasteiger partial charge in [-0.3, -0.25) is 9.48 Å². The number of anilines is 2. The zero-order chi connectivity index (χ0) is 22.5. The summed E-state index contributed by atoms with van der Waals surface area (Å²) in [6.45, 7) is 0. The van der Waals surface area contributed by atoms with E-state index in [1.165, 1.54) is 23.5 Å². The highest BCUT2D eigenvalue weighted by molar-refractivity contribution is 7.99. The third-order valence-corrected chi connectivity index (χ3v) is 5.86. The number of aromatic nitrogens is 7. The van der Waals surface area contributed by atoms with E-state index in [4.69, 9.17) is 10.5 Å². The number of hydrogen-bond acceptors (Lipinski definition) is 10. The molecule has 3 aromatic heterocycles. The van der Waals surface area contributed by atoms with Gasteiger partial charge in [-0.2, -0.15) is 10.1 Å². The molecule has 0 saturated heterocycles. The Morgan fingerprint density at radius 1 is 1.22 bits per heavy atom. The average Bonchev–Trinajstić information content (AvgIpc) is 3.37. The molecule has 0 bridgehead atoms. The first-order chi connectivity index (χ1) is 15.5. The van der Waals surface area contributed by atoms with E-state index in [1.54, 1.807) is 37.3 Å². The SMILES string of the molecule is COc1ccc(Sc2ncc(Sc3n[nH]c(N)n3)nc2CC(=O)Nc2ccn(C)n2)cc1. The molecule has 0 fully saturated rings. The minimum atomic E-state index is -0.251. The van der Waals surface area contributed by atoms with Crippen molar-refractivity contribution in [3.63, 3.8) is 0 Å². The fourth-order valence-corrected chi connectivity index (χ4v) is 4.14. The molecule has 164 valence electrons. The number of rotatable bonds is 8. The fourth-order valence-electron chi connectivity index (χ4n) is 2.62. The molecule has 0 unspecified atom stereocenters. The van der Waals surface area contributed by atoms with E-state index >= 15 is 0 Å². The van der Waals surface area contributed by atoms with Gasteiger partial charge in [0, 0.05) is 24.2 Å². The van der Waals surface area contributed by atoms with Gasteiger partial charge in [0.05, 0.1) is 25.4 Å². The van der Waals surface area contributed by atoms with Crippen molar-refractivity contribution in [2.75, 3.05) is 18.2 Å². The number of aryl methyl sites for hydroxylation is 1. The van der Waals surface area contributed by atoms with Crippen LogP contribution >= 0.6 is 23.5 Å². The van der Waals surface area contributed by atoms with E-state index in [0.29, 0.717) is 26.7 Å². The number of H-pyrrole nitrogens is 1. The lowest BCUT2D eigenvalue weighted by Gasteiger charge is -2.09. The maximum atomic E-state index is 12.6. The summed E-state index contributed by atoms with van der Waals surface area (Å²) >= 11 is 2.61. The predicted molar refractivity (Wildman–Crippen MR) is 120 cm³/mol. The monoisotopic (exact) mass is 469 g/mol. The maximum absolute atomic E-state index is 12.6. The molecule has 0 radical (unpaired) electrons. The molecule has 0 saturated carbocycles. The first kappa shape index (κ1) is 21.6. The molecule has 0 aliphatic rings. The van der Waals surface area contributed by atoms with Crippen LogP contribution in [0.25, 0.3) is 0 Å². The van der Waals surface area contributed by atoms with Gasteiger partial charge in [0.15, 0.2) is 5.82 Å². The number of carbonyl (C=O) groups excluding carboxylic acids is 1. The smallest absolute Gasteiger partial charge is 0.231 e. The van der Waals surface area contributed by atoms with E-state index in [9.17, 15) is 4.79 Å². The van der Waals surface area contributed by atoms with Gasteiger partial charge >= 0.3 is 0 Å². The fraction of sp³-hybridized carbons (Fsp3) is 0.158. The molecule has 0 spiro atoms. The third-order valence-electron chi connectivity index (χ3n) is 4.05. The number of amides is 1. The van der Waals surface area contributed by atoms with E-state index in [-0.39, 0.29) is 18.3 Å². The van der Waals surface area contributed by atoms with Gasteiger partial charge in [0.2, 0.25) is 17.0 Å². The second-order valence-electron chi connectivity index (χ2n) is 6.44. The standard InChI is InChI=1S/C19H19N9O2S2/c1-28-8-7-14(27-28)23-15(29)9-13-17(31-12-5-3-11(30-2)4-6-12)21-10-16(22-13)32-19-24-18(20)25-26-19/h3-8,10H,9H2,1-2H3,(H,23,27,29)(H3,20,24,25,26). The summed E-state index contributed by atoms with van der Waals surface area (Å²) in [6, 6.07) is 9.28. The van der Waals surface area contributed by atoms with Gasteiger partial charge in [-0.25, -0.2) is 15.1 Å². The van der Waals surface area contributed by atoms with Crippen molar-refractivity contribution >= 4 is 41.2 Å². The first-order valence-electron chi connectivity index (χ1n) is 9.31. The van der Waals surface area contributed by atoms with Crippen LogP contribution in [-0.4, -0.2) is 47.9 Å². The van der Waals surface area contributed by atoms with Crippen molar-refractivity contribution in [3.05, 3.63) is 48.4 Å². The summed E-state index contributed by atoms with van der Waals surface area (Å²) in [4.78, 5) is 26.8. The molecule has 4 aromatic rings. The van der Waals surface area contributed by atoms with Crippen molar-refractivity contribution < 1.29 is 9.53 Å². The van der Waals surface area contributed by atoms with E-state index < -0.39 is 0 Å². The van der Waals surface area contributed by atoms with Crippen LogP contribution in [-0.2, 0) is 18.3 Å². The van der Waals surface area contributed by atoms with Gasteiger partial charge in [-0.15, -0.1) is 5.10 Å². The number of nitrogens with zero attached hydrogens (tertiary/aromatic N) is 6. The molecule has 13 heteroatoms.